The molecule has 0 aliphatic rings. The Morgan fingerprint density at radius 1 is 1.33 bits per heavy atom. The molecule has 0 aromatic heterocycles. The van der Waals surface area contributed by atoms with Crippen molar-refractivity contribution in [2.24, 2.45) is 5.92 Å². The summed E-state index contributed by atoms with van der Waals surface area (Å²) >= 11 is 0. The molecule has 72 valence electrons. The molecule has 3 heteroatoms. The second-order valence-corrected chi connectivity index (χ2v) is 3.38. The quantitative estimate of drug-likeness (QED) is 0.609. The number of amides is 2. The van der Waals surface area contributed by atoms with Gasteiger partial charge < -0.3 is 10.6 Å². The molecule has 0 spiro atoms. The van der Waals surface area contributed by atoms with E-state index in [1.165, 1.54) is 0 Å². The van der Waals surface area contributed by atoms with Crippen molar-refractivity contribution in [1.29, 1.82) is 0 Å². The summed E-state index contributed by atoms with van der Waals surface area (Å²) in [6.45, 7) is 7.78. The van der Waals surface area contributed by atoms with E-state index in [9.17, 15) is 4.79 Å². The number of hydrogen-bond acceptors (Lipinski definition) is 1. The average molecular weight is 172 g/mol. The van der Waals surface area contributed by atoms with Gasteiger partial charge in [0.1, 0.15) is 0 Å². The number of rotatable bonds is 5. The van der Waals surface area contributed by atoms with Gasteiger partial charge in [-0.25, -0.2) is 4.79 Å². The minimum atomic E-state index is -0.0443. The molecule has 0 fully saturated rings. The Balaban J connectivity index is 3.22. The summed E-state index contributed by atoms with van der Waals surface area (Å²) < 4.78 is 0. The van der Waals surface area contributed by atoms with E-state index in [1.54, 1.807) is 0 Å². The van der Waals surface area contributed by atoms with Crippen molar-refractivity contribution >= 4 is 6.03 Å². The smallest absolute Gasteiger partial charge is 0.314 e. The van der Waals surface area contributed by atoms with Crippen LogP contribution in [0, 0.1) is 5.92 Å². The van der Waals surface area contributed by atoms with Crippen LogP contribution in [0.1, 0.15) is 33.6 Å². The van der Waals surface area contributed by atoms with Crippen molar-refractivity contribution in [3.63, 3.8) is 0 Å². The largest absolute Gasteiger partial charge is 0.338 e. The van der Waals surface area contributed by atoms with Gasteiger partial charge in [0, 0.05) is 13.1 Å². The van der Waals surface area contributed by atoms with Crippen molar-refractivity contribution in [1.82, 2.24) is 10.6 Å². The molecule has 0 rings (SSSR count). The fourth-order valence-corrected chi connectivity index (χ4v) is 0.738. The summed E-state index contributed by atoms with van der Waals surface area (Å²) in [6.07, 6.45) is 2.17. The number of hydrogen-bond donors (Lipinski definition) is 2. The summed E-state index contributed by atoms with van der Waals surface area (Å²) in [5, 5.41) is 5.58. The zero-order valence-electron chi connectivity index (χ0n) is 8.31. The lowest BCUT2D eigenvalue weighted by molar-refractivity contribution is 0.239. The molecule has 0 aliphatic heterocycles. The molecule has 2 N–H and O–H groups in total. The molecule has 12 heavy (non-hydrogen) atoms. The fourth-order valence-electron chi connectivity index (χ4n) is 0.738. The third-order valence-corrected chi connectivity index (χ3v) is 1.49. The molecule has 0 unspecified atom stereocenters. The number of unbranched alkanes of at least 4 members (excludes halogenated alkanes) is 1. The van der Waals surface area contributed by atoms with E-state index >= 15 is 0 Å². The summed E-state index contributed by atoms with van der Waals surface area (Å²) in [7, 11) is 0. The lowest BCUT2D eigenvalue weighted by Gasteiger charge is -2.08. The third-order valence-electron chi connectivity index (χ3n) is 1.49. The van der Waals surface area contributed by atoms with E-state index in [4.69, 9.17) is 0 Å². The van der Waals surface area contributed by atoms with Crippen LogP contribution >= 0.6 is 0 Å². The summed E-state index contributed by atoms with van der Waals surface area (Å²) in [5.41, 5.74) is 0. The standard InChI is InChI=1S/C9H20N2O/c1-4-5-6-10-9(12)11-7-8(2)3/h8H,4-7H2,1-3H3,(H2,10,11,12). The van der Waals surface area contributed by atoms with Crippen molar-refractivity contribution < 1.29 is 4.79 Å². The van der Waals surface area contributed by atoms with E-state index < -0.39 is 0 Å². The first-order chi connectivity index (χ1) is 5.66. The normalized spacial score (nSPS) is 10.0. The van der Waals surface area contributed by atoms with Crippen LogP contribution in [0.3, 0.4) is 0 Å². The van der Waals surface area contributed by atoms with E-state index in [1.807, 2.05) is 0 Å². The van der Waals surface area contributed by atoms with Gasteiger partial charge in [0.25, 0.3) is 0 Å². The molecule has 0 atom stereocenters. The van der Waals surface area contributed by atoms with Crippen LogP contribution < -0.4 is 10.6 Å². The summed E-state index contributed by atoms with van der Waals surface area (Å²) in [5.74, 6) is 0.516. The first kappa shape index (κ1) is 11.3. The highest BCUT2D eigenvalue weighted by atomic mass is 16.2. The Morgan fingerprint density at radius 2 is 2.00 bits per heavy atom. The highest BCUT2D eigenvalue weighted by Gasteiger charge is 1.98. The monoisotopic (exact) mass is 172 g/mol. The second kappa shape index (κ2) is 6.95. The molecule has 2 amide bonds. The van der Waals surface area contributed by atoms with Gasteiger partial charge in [0.15, 0.2) is 0 Å². The maximum Gasteiger partial charge on any atom is 0.314 e. The van der Waals surface area contributed by atoms with E-state index in [-0.39, 0.29) is 6.03 Å². The molecule has 0 saturated carbocycles. The molecular weight excluding hydrogens is 152 g/mol. The Bertz CT molecular complexity index is 124. The second-order valence-electron chi connectivity index (χ2n) is 3.38. The van der Waals surface area contributed by atoms with Crippen LogP contribution in [0.5, 0.6) is 0 Å². The fraction of sp³-hybridized carbons (Fsp3) is 0.889. The maximum absolute atomic E-state index is 11.0. The molecule has 0 heterocycles. The molecular formula is C9H20N2O. The lowest BCUT2D eigenvalue weighted by Crippen LogP contribution is -2.37. The first-order valence-corrected chi connectivity index (χ1v) is 4.68. The van der Waals surface area contributed by atoms with Gasteiger partial charge in [-0.15, -0.1) is 0 Å². The zero-order chi connectivity index (χ0) is 9.40. The van der Waals surface area contributed by atoms with Gasteiger partial charge in [-0.05, 0) is 12.3 Å². The van der Waals surface area contributed by atoms with Crippen molar-refractivity contribution in [3.8, 4) is 0 Å². The van der Waals surface area contributed by atoms with E-state index in [2.05, 4.69) is 31.4 Å². The van der Waals surface area contributed by atoms with Crippen LogP contribution in [0.15, 0.2) is 0 Å². The van der Waals surface area contributed by atoms with Crippen LogP contribution in [0.25, 0.3) is 0 Å². The van der Waals surface area contributed by atoms with E-state index in [0.29, 0.717) is 5.92 Å². The van der Waals surface area contributed by atoms with Gasteiger partial charge in [0.2, 0.25) is 0 Å². The molecule has 0 saturated heterocycles. The molecule has 3 nitrogen and oxygen atoms in total. The van der Waals surface area contributed by atoms with Gasteiger partial charge in [-0.1, -0.05) is 27.2 Å². The Kier molecular flexibility index (Phi) is 6.53. The molecule has 0 aromatic carbocycles. The van der Waals surface area contributed by atoms with Crippen LogP contribution in [0.4, 0.5) is 4.79 Å². The first-order valence-electron chi connectivity index (χ1n) is 4.68. The van der Waals surface area contributed by atoms with Gasteiger partial charge in [-0.2, -0.15) is 0 Å². The summed E-state index contributed by atoms with van der Waals surface area (Å²) in [4.78, 5) is 11.0. The highest BCUT2D eigenvalue weighted by molar-refractivity contribution is 5.73. The van der Waals surface area contributed by atoms with Crippen molar-refractivity contribution in [2.75, 3.05) is 13.1 Å². The van der Waals surface area contributed by atoms with Gasteiger partial charge in [-0.3, -0.25) is 0 Å². The van der Waals surface area contributed by atoms with Gasteiger partial charge >= 0.3 is 6.03 Å². The minimum absolute atomic E-state index is 0.0443. The number of carbonyl (C=O) groups excluding carboxylic acids is 1. The SMILES string of the molecule is CCCCNC(=O)NCC(C)C. The van der Waals surface area contributed by atoms with Crippen LogP contribution in [-0.2, 0) is 0 Å². The number of carbonyl (C=O) groups is 1. The topological polar surface area (TPSA) is 41.1 Å². The average Bonchev–Trinajstić information content (AvgIpc) is 2.01. The Hall–Kier alpha value is -0.730. The molecule has 0 aromatic rings. The predicted molar refractivity (Wildman–Crippen MR) is 51.1 cm³/mol. The molecule has 0 bridgehead atoms. The third kappa shape index (κ3) is 7.38. The minimum Gasteiger partial charge on any atom is -0.338 e. The lowest BCUT2D eigenvalue weighted by atomic mass is 10.2. The van der Waals surface area contributed by atoms with Crippen molar-refractivity contribution in [3.05, 3.63) is 0 Å². The molecule has 0 aliphatic carbocycles. The number of urea groups is 1. The van der Waals surface area contributed by atoms with Gasteiger partial charge in [0.05, 0.1) is 0 Å². The zero-order valence-corrected chi connectivity index (χ0v) is 8.31. The van der Waals surface area contributed by atoms with Crippen LogP contribution in [-0.4, -0.2) is 19.1 Å². The summed E-state index contributed by atoms with van der Waals surface area (Å²) in [6, 6.07) is -0.0443. The molecule has 0 radical (unpaired) electrons. The van der Waals surface area contributed by atoms with Crippen LogP contribution in [0.2, 0.25) is 0 Å². The number of nitrogens with one attached hydrogen (secondary N) is 2. The van der Waals surface area contributed by atoms with Crippen molar-refractivity contribution in [2.45, 2.75) is 33.6 Å². The predicted octanol–water partition coefficient (Wildman–Crippen LogP) is 1.74. The van der Waals surface area contributed by atoms with E-state index in [0.717, 1.165) is 25.9 Å². The maximum atomic E-state index is 11.0. The highest BCUT2D eigenvalue weighted by Crippen LogP contribution is 1.87. The Morgan fingerprint density at radius 3 is 2.50 bits per heavy atom. The Labute approximate surface area is 74.9 Å².